The molecule has 0 aromatic rings. The molecule has 2 atom stereocenters. The lowest BCUT2D eigenvalue weighted by atomic mass is 10.0. The maximum Gasteiger partial charge on any atom is 0.472 e. The molecule has 0 spiro atoms. The molecule has 0 aliphatic heterocycles. The van der Waals surface area contributed by atoms with Gasteiger partial charge in [0.15, 0.2) is 6.10 Å². The van der Waals surface area contributed by atoms with E-state index in [0.29, 0.717) is 6.42 Å². The first-order chi connectivity index (χ1) is 24.4. The molecule has 0 aliphatic rings. The van der Waals surface area contributed by atoms with Gasteiger partial charge in [-0.2, -0.15) is 0 Å². The molecule has 50 heavy (non-hydrogen) atoms. The van der Waals surface area contributed by atoms with E-state index in [1.807, 2.05) is 6.08 Å². The molecule has 0 bridgehead atoms. The second kappa shape index (κ2) is 39.0. The molecule has 296 valence electrons. The summed E-state index contributed by atoms with van der Waals surface area (Å²) in [6.07, 6.45) is 42.9. The maximum absolute atomic E-state index is 12.4. The number of carbonyl (C=O) groups excluding carboxylic acids is 1. The fraction of sp³-hybridized carbons (Fsp3) is 0.878. The topological polar surface area (TPSA) is 117 Å². The zero-order chi connectivity index (χ0) is 36.6. The van der Waals surface area contributed by atoms with Crippen LogP contribution in [0.1, 0.15) is 200 Å². The van der Waals surface area contributed by atoms with Gasteiger partial charge in [-0.15, -0.1) is 0 Å². The van der Waals surface area contributed by atoms with Crippen molar-refractivity contribution in [1.82, 2.24) is 0 Å². The van der Waals surface area contributed by atoms with Gasteiger partial charge in [-0.3, -0.25) is 13.8 Å². The number of phosphoric ester groups is 1. The average molecular weight is 730 g/mol. The summed E-state index contributed by atoms with van der Waals surface area (Å²) >= 11 is 0. The Morgan fingerprint density at radius 2 is 1.02 bits per heavy atom. The van der Waals surface area contributed by atoms with Crippen molar-refractivity contribution in [3.05, 3.63) is 24.5 Å². The van der Waals surface area contributed by atoms with E-state index in [4.69, 9.17) is 24.3 Å². The van der Waals surface area contributed by atoms with E-state index in [0.717, 1.165) is 44.9 Å². The molecule has 0 fully saturated rings. The fourth-order valence-corrected chi connectivity index (χ4v) is 6.56. The minimum Gasteiger partial charge on any atom is -0.492 e. The summed E-state index contributed by atoms with van der Waals surface area (Å²) in [5.74, 6) is -0.291. The normalized spacial score (nSPS) is 13.7. The average Bonchev–Trinajstić information content (AvgIpc) is 3.11. The quantitative estimate of drug-likeness (QED) is 0.0210. The van der Waals surface area contributed by atoms with Gasteiger partial charge in [0.1, 0.15) is 6.61 Å². The van der Waals surface area contributed by atoms with Crippen LogP contribution in [-0.2, 0) is 27.9 Å². The number of rotatable bonds is 40. The summed E-state index contributed by atoms with van der Waals surface area (Å²) in [4.78, 5) is 22.2. The monoisotopic (exact) mass is 730 g/mol. The summed E-state index contributed by atoms with van der Waals surface area (Å²) in [6, 6.07) is 0. The Morgan fingerprint density at radius 1 is 0.600 bits per heavy atom. The highest BCUT2D eigenvalue weighted by Crippen LogP contribution is 2.43. The summed E-state index contributed by atoms with van der Waals surface area (Å²) in [6.45, 7) is 4.22. The molecule has 0 amide bonds. The molecule has 0 heterocycles. The lowest BCUT2D eigenvalue weighted by Gasteiger charge is -2.19. The molecule has 0 saturated carbocycles. The molecule has 0 aromatic carbocycles. The van der Waals surface area contributed by atoms with Gasteiger partial charge < -0.3 is 20.1 Å². The minimum absolute atomic E-state index is 0.0643. The van der Waals surface area contributed by atoms with E-state index in [2.05, 4.69) is 26.0 Å². The zero-order valence-corrected chi connectivity index (χ0v) is 33.5. The third-order valence-electron chi connectivity index (χ3n) is 8.96. The van der Waals surface area contributed by atoms with Crippen LogP contribution in [0.15, 0.2) is 24.5 Å². The highest BCUT2D eigenvalue weighted by molar-refractivity contribution is 7.47. The van der Waals surface area contributed by atoms with Crippen LogP contribution in [0.25, 0.3) is 0 Å². The minimum atomic E-state index is -4.26. The second-order valence-electron chi connectivity index (χ2n) is 13.9. The number of hydrogen-bond donors (Lipinski definition) is 2. The van der Waals surface area contributed by atoms with Crippen LogP contribution in [0.3, 0.4) is 0 Å². The molecule has 0 radical (unpaired) electrons. The first-order valence-corrected chi connectivity index (χ1v) is 22.4. The van der Waals surface area contributed by atoms with Crippen LogP contribution < -0.4 is 5.73 Å². The maximum atomic E-state index is 12.4. The Bertz CT molecular complexity index is 823. The zero-order valence-electron chi connectivity index (χ0n) is 32.6. The summed E-state index contributed by atoms with van der Waals surface area (Å²) in [5.41, 5.74) is 5.36. The number of hydrogen-bond acceptors (Lipinski definition) is 7. The Balaban J connectivity index is 4.09. The fourth-order valence-electron chi connectivity index (χ4n) is 5.80. The number of allylic oxidation sites excluding steroid dienone is 3. The van der Waals surface area contributed by atoms with Gasteiger partial charge in [0.05, 0.1) is 19.5 Å². The molecule has 8 nitrogen and oxygen atoms in total. The molecule has 0 aromatic heterocycles. The lowest BCUT2D eigenvalue weighted by Crippen LogP contribution is -2.25. The molecular formula is C41H80NO7P. The van der Waals surface area contributed by atoms with Crippen LogP contribution in [0.2, 0.25) is 0 Å². The molecule has 0 rings (SSSR count). The number of ether oxygens (including phenoxy) is 2. The molecule has 2 unspecified atom stereocenters. The van der Waals surface area contributed by atoms with E-state index in [-0.39, 0.29) is 32.3 Å². The van der Waals surface area contributed by atoms with Gasteiger partial charge in [-0.25, -0.2) is 4.57 Å². The Labute approximate surface area is 308 Å². The van der Waals surface area contributed by atoms with Crippen molar-refractivity contribution in [2.24, 2.45) is 5.73 Å². The largest absolute Gasteiger partial charge is 0.492 e. The Hall–Kier alpha value is -1.18. The van der Waals surface area contributed by atoms with Crippen molar-refractivity contribution in [2.75, 3.05) is 26.4 Å². The van der Waals surface area contributed by atoms with E-state index in [1.54, 1.807) is 6.26 Å². The van der Waals surface area contributed by atoms with Crippen molar-refractivity contribution < 1.29 is 32.8 Å². The number of esters is 1. The van der Waals surface area contributed by atoms with Gasteiger partial charge in [0.25, 0.3) is 0 Å². The molecule has 0 saturated heterocycles. The predicted octanol–water partition coefficient (Wildman–Crippen LogP) is 12.4. The molecule has 9 heteroatoms. The van der Waals surface area contributed by atoms with Gasteiger partial charge >= 0.3 is 13.8 Å². The smallest absolute Gasteiger partial charge is 0.472 e. The molecule has 3 N–H and O–H groups in total. The highest BCUT2D eigenvalue weighted by Gasteiger charge is 2.24. The van der Waals surface area contributed by atoms with Crippen LogP contribution in [-0.4, -0.2) is 43.3 Å². The summed E-state index contributed by atoms with van der Waals surface area (Å²) in [7, 11) is -4.26. The van der Waals surface area contributed by atoms with Crippen molar-refractivity contribution in [3.8, 4) is 0 Å². The Kier molecular flexibility index (Phi) is 38.1. The standard InChI is InChI=1S/C41H80NO7P/c1-3-5-7-9-11-13-15-17-19-21-23-25-27-29-31-33-36-46-40(39-49-50(44,45)48-37-35-42)38-47-41(43)34-32-30-28-26-24-22-20-18-16-14-12-10-8-6-4-2/h17,19,33,36,40H,3-16,18,20-32,34-35,37-39,42H2,1-2H3,(H,44,45). The third-order valence-corrected chi connectivity index (χ3v) is 9.94. The predicted molar refractivity (Wildman–Crippen MR) is 210 cm³/mol. The third kappa shape index (κ3) is 38.1. The molecular weight excluding hydrogens is 649 g/mol. The van der Waals surface area contributed by atoms with Crippen LogP contribution in [0, 0.1) is 0 Å². The summed E-state index contributed by atoms with van der Waals surface area (Å²) in [5, 5.41) is 0. The van der Waals surface area contributed by atoms with Crippen molar-refractivity contribution >= 4 is 13.8 Å². The van der Waals surface area contributed by atoms with Crippen molar-refractivity contribution in [1.29, 1.82) is 0 Å². The Morgan fingerprint density at radius 3 is 1.48 bits per heavy atom. The van der Waals surface area contributed by atoms with Crippen LogP contribution in [0.4, 0.5) is 0 Å². The van der Waals surface area contributed by atoms with Crippen LogP contribution >= 0.6 is 7.82 Å². The lowest BCUT2D eigenvalue weighted by molar-refractivity contribution is -0.147. The van der Waals surface area contributed by atoms with Gasteiger partial charge in [0, 0.05) is 13.0 Å². The highest BCUT2D eigenvalue weighted by atomic mass is 31.2. The van der Waals surface area contributed by atoms with Crippen molar-refractivity contribution in [2.45, 2.75) is 206 Å². The van der Waals surface area contributed by atoms with Gasteiger partial charge in [-0.05, 0) is 51.0 Å². The first kappa shape index (κ1) is 48.8. The first-order valence-electron chi connectivity index (χ1n) is 20.9. The SMILES string of the molecule is CCCCCCCCC=CCCCCCCC=COC(COC(=O)CCCCCCCCCCCCCCCCC)COP(=O)(O)OCCN. The van der Waals surface area contributed by atoms with Gasteiger partial charge in [-0.1, -0.05) is 161 Å². The van der Waals surface area contributed by atoms with Gasteiger partial charge in [0.2, 0.25) is 0 Å². The van der Waals surface area contributed by atoms with E-state index >= 15 is 0 Å². The number of nitrogens with two attached hydrogens (primary N) is 1. The molecule has 0 aliphatic carbocycles. The van der Waals surface area contributed by atoms with Crippen LogP contribution in [0.5, 0.6) is 0 Å². The van der Waals surface area contributed by atoms with E-state index < -0.39 is 13.9 Å². The van der Waals surface area contributed by atoms with Crippen molar-refractivity contribution in [3.63, 3.8) is 0 Å². The van der Waals surface area contributed by atoms with E-state index in [9.17, 15) is 14.3 Å². The summed E-state index contributed by atoms with van der Waals surface area (Å²) < 4.78 is 33.1. The second-order valence-corrected chi connectivity index (χ2v) is 15.4. The number of carbonyl (C=O) groups is 1. The van der Waals surface area contributed by atoms with E-state index in [1.165, 1.54) is 135 Å². The number of phosphoric acid groups is 1. The number of unbranched alkanes of at least 4 members (excludes halogenated alkanes) is 25.